The zero-order chi connectivity index (χ0) is 9.97. The third-order valence-corrected chi connectivity index (χ3v) is 2.08. The van der Waals surface area contributed by atoms with Gasteiger partial charge in [-0.1, -0.05) is 0 Å². The summed E-state index contributed by atoms with van der Waals surface area (Å²) in [6.07, 6.45) is 4.83. The standard InChI is InChI=1S/C8H7BrN4O/c1-14-6-4-10-5-11-8(6)13-3-2-7(9)12-13/h2-5H,1H3. The smallest absolute Gasteiger partial charge is 0.199 e. The number of nitrogens with zero attached hydrogens (tertiary/aromatic N) is 4. The molecule has 0 N–H and O–H groups in total. The van der Waals surface area contributed by atoms with Crippen molar-refractivity contribution in [2.75, 3.05) is 7.11 Å². The molecule has 2 aromatic rings. The van der Waals surface area contributed by atoms with Crippen molar-refractivity contribution in [3.05, 3.63) is 29.4 Å². The van der Waals surface area contributed by atoms with Crippen molar-refractivity contribution < 1.29 is 4.74 Å². The van der Waals surface area contributed by atoms with Crippen LogP contribution in [0.4, 0.5) is 0 Å². The normalized spacial score (nSPS) is 10.1. The molecule has 0 saturated heterocycles. The number of methoxy groups -OCH3 is 1. The first kappa shape index (κ1) is 9.14. The molecule has 0 fully saturated rings. The van der Waals surface area contributed by atoms with Gasteiger partial charge in [0.15, 0.2) is 11.6 Å². The van der Waals surface area contributed by atoms with Crippen LogP contribution in [0.25, 0.3) is 5.82 Å². The van der Waals surface area contributed by atoms with Crippen LogP contribution >= 0.6 is 15.9 Å². The van der Waals surface area contributed by atoms with Gasteiger partial charge in [0.25, 0.3) is 0 Å². The molecule has 0 radical (unpaired) electrons. The van der Waals surface area contributed by atoms with E-state index >= 15 is 0 Å². The largest absolute Gasteiger partial charge is 0.491 e. The average molecular weight is 255 g/mol. The van der Waals surface area contributed by atoms with Crippen LogP contribution in [0.3, 0.4) is 0 Å². The minimum Gasteiger partial charge on any atom is -0.491 e. The monoisotopic (exact) mass is 254 g/mol. The van der Waals surface area contributed by atoms with Gasteiger partial charge in [-0.15, -0.1) is 0 Å². The van der Waals surface area contributed by atoms with Gasteiger partial charge >= 0.3 is 0 Å². The molecular weight excluding hydrogens is 248 g/mol. The summed E-state index contributed by atoms with van der Waals surface area (Å²) >= 11 is 3.26. The molecule has 0 unspecified atom stereocenters. The van der Waals surface area contributed by atoms with Gasteiger partial charge in [-0.05, 0) is 22.0 Å². The van der Waals surface area contributed by atoms with Crippen molar-refractivity contribution in [3.8, 4) is 11.6 Å². The lowest BCUT2D eigenvalue weighted by Crippen LogP contribution is -2.01. The van der Waals surface area contributed by atoms with E-state index in [1.807, 2.05) is 6.07 Å². The Hall–Kier alpha value is -1.43. The molecular formula is C8H7BrN4O. The van der Waals surface area contributed by atoms with Crippen molar-refractivity contribution >= 4 is 15.9 Å². The maximum absolute atomic E-state index is 5.11. The Bertz CT molecular complexity index is 442. The van der Waals surface area contributed by atoms with Crippen molar-refractivity contribution in [3.63, 3.8) is 0 Å². The van der Waals surface area contributed by atoms with Crippen LogP contribution in [0.2, 0.25) is 0 Å². The molecule has 6 heteroatoms. The quantitative estimate of drug-likeness (QED) is 0.814. The van der Waals surface area contributed by atoms with Gasteiger partial charge in [0.05, 0.1) is 13.3 Å². The topological polar surface area (TPSA) is 52.8 Å². The molecule has 2 aromatic heterocycles. The molecule has 5 nitrogen and oxygen atoms in total. The summed E-state index contributed by atoms with van der Waals surface area (Å²) in [6.45, 7) is 0. The Labute approximate surface area is 88.9 Å². The molecule has 0 bridgehead atoms. The number of hydrogen-bond acceptors (Lipinski definition) is 4. The molecule has 0 aliphatic carbocycles. The lowest BCUT2D eigenvalue weighted by atomic mass is 10.5. The van der Waals surface area contributed by atoms with Crippen molar-refractivity contribution in [1.82, 2.24) is 19.7 Å². The SMILES string of the molecule is COc1cncnc1-n1ccc(Br)n1. The van der Waals surface area contributed by atoms with Gasteiger partial charge < -0.3 is 4.74 Å². The highest BCUT2D eigenvalue weighted by Gasteiger charge is 2.07. The third kappa shape index (κ3) is 1.60. The average Bonchev–Trinajstić information content (AvgIpc) is 2.65. The van der Waals surface area contributed by atoms with Crippen molar-refractivity contribution in [2.45, 2.75) is 0 Å². The van der Waals surface area contributed by atoms with Crippen molar-refractivity contribution in [2.24, 2.45) is 0 Å². The fourth-order valence-corrected chi connectivity index (χ4v) is 1.34. The summed E-state index contributed by atoms with van der Waals surface area (Å²) < 4.78 is 7.47. The lowest BCUT2D eigenvalue weighted by molar-refractivity contribution is 0.407. The van der Waals surface area contributed by atoms with Crippen molar-refractivity contribution in [1.29, 1.82) is 0 Å². The first-order valence-electron chi connectivity index (χ1n) is 3.87. The van der Waals surface area contributed by atoms with E-state index in [1.54, 1.807) is 24.2 Å². The summed E-state index contributed by atoms with van der Waals surface area (Å²) in [4.78, 5) is 7.94. The van der Waals surface area contributed by atoms with Gasteiger partial charge in [0, 0.05) is 6.20 Å². The molecule has 0 saturated carbocycles. The second-order valence-corrected chi connectivity index (χ2v) is 3.31. The number of hydrogen-bond donors (Lipinski definition) is 0. The summed E-state index contributed by atoms with van der Waals surface area (Å²) in [5.41, 5.74) is 0. The fraction of sp³-hybridized carbons (Fsp3) is 0.125. The Morgan fingerprint density at radius 1 is 1.50 bits per heavy atom. The molecule has 72 valence electrons. The molecule has 14 heavy (non-hydrogen) atoms. The first-order chi connectivity index (χ1) is 6.81. The maximum Gasteiger partial charge on any atom is 0.199 e. The zero-order valence-electron chi connectivity index (χ0n) is 7.38. The molecule has 0 atom stereocenters. The predicted molar refractivity (Wildman–Crippen MR) is 53.4 cm³/mol. The second-order valence-electron chi connectivity index (χ2n) is 2.50. The Morgan fingerprint density at radius 3 is 3.00 bits per heavy atom. The number of ether oxygens (including phenoxy) is 1. The molecule has 0 amide bonds. The first-order valence-corrected chi connectivity index (χ1v) is 4.66. The van der Waals surface area contributed by atoms with E-state index in [0.29, 0.717) is 11.6 Å². The molecule has 0 aliphatic heterocycles. The third-order valence-electron chi connectivity index (χ3n) is 1.65. The van der Waals surface area contributed by atoms with E-state index in [2.05, 4.69) is 31.0 Å². The highest BCUT2D eigenvalue weighted by atomic mass is 79.9. The van der Waals surface area contributed by atoms with Gasteiger partial charge in [0.2, 0.25) is 0 Å². The molecule has 2 heterocycles. The van der Waals surface area contributed by atoms with Gasteiger partial charge in [0.1, 0.15) is 10.9 Å². The van der Waals surface area contributed by atoms with Crippen LogP contribution in [0.15, 0.2) is 29.4 Å². The van der Waals surface area contributed by atoms with E-state index in [0.717, 1.165) is 4.60 Å². The minimum absolute atomic E-state index is 0.586. The molecule has 0 spiro atoms. The highest BCUT2D eigenvalue weighted by Crippen LogP contribution is 2.18. The van der Waals surface area contributed by atoms with E-state index in [4.69, 9.17) is 4.74 Å². The molecule has 0 aromatic carbocycles. The van der Waals surface area contributed by atoms with E-state index in [9.17, 15) is 0 Å². The van der Waals surface area contributed by atoms with E-state index in [-0.39, 0.29) is 0 Å². The number of halogens is 1. The van der Waals surface area contributed by atoms with Crippen LogP contribution in [0, 0.1) is 0 Å². The second kappa shape index (κ2) is 3.75. The highest BCUT2D eigenvalue weighted by molar-refractivity contribution is 9.10. The zero-order valence-corrected chi connectivity index (χ0v) is 8.97. The van der Waals surface area contributed by atoms with Crippen LogP contribution in [-0.2, 0) is 0 Å². The lowest BCUT2D eigenvalue weighted by Gasteiger charge is -2.04. The van der Waals surface area contributed by atoms with Gasteiger partial charge in [-0.2, -0.15) is 5.10 Å². The van der Waals surface area contributed by atoms with Crippen LogP contribution in [-0.4, -0.2) is 26.9 Å². The van der Waals surface area contributed by atoms with Crippen LogP contribution < -0.4 is 4.74 Å². The summed E-state index contributed by atoms with van der Waals surface area (Å²) in [7, 11) is 1.57. The van der Waals surface area contributed by atoms with E-state index in [1.165, 1.54) is 6.33 Å². The van der Waals surface area contributed by atoms with E-state index < -0.39 is 0 Å². The minimum atomic E-state index is 0.586. The van der Waals surface area contributed by atoms with Crippen LogP contribution in [0.5, 0.6) is 5.75 Å². The Kier molecular flexibility index (Phi) is 2.45. The number of aromatic nitrogens is 4. The summed E-state index contributed by atoms with van der Waals surface area (Å²) in [5.74, 6) is 1.20. The summed E-state index contributed by atoms with van der Waals surface area (Å²) in [5, 5.41) is 4.15. The van der Waals surface area contributed by atoms with Gasteiger partial charge in [-0.25, -0.2) is 14.6 Å². The molecule has 0 aliphatic rings. The summed E-state index contributed by atoms with van der Waals surface area (Å²) in [6, 6.07) is 1.82. The Balaban J connectivity index is 2.50. The van der Waals surface area contributed by atoms with Crippen LogP contribution in [0.1, 0.15) is 0 Å². The Morgan fingerprint density at radius 2 is 2.36 bits per heavy atom. The fourth-order valence-electron chi connectivity index (χ4n) is 1.05. The maximum atomic E-state index is 5.11. The predicted octanol–water partition coefficient (Wildman–Crippen LogP) is 1.43. The number of rotatable bonds is 2. The molecule has 2 rings (SSSR count). The van der Waals surface area contributed by atoms with Gasteiger partial charge in [-0.3, -0.25) is 0 Å².